The van der Waals surface area contributed by atoms with Crippen LogP contribution in [0.2, 0.25) is 0 Å². The molecule has 7 heteroatoms. The van der Waals surface area contributed by atoms with Gasteiger partial charge in [0.25, 0.3) is 0 Å². The van der Waals surface area contributed by atoms with Crippen LogP contribution in [0.5, 0.6) is 0 Å². The third-order valence-corrected chi connectivity index (χ3v) is 7.08. The molecular formula is C28H44BNO5. The molecular weight excluding hydrogens is 441 g/mol. The van der Waals surface area contributed by atoms with E-state index >= 15 is 0 Å². The number of benzene rings is 1. The van der Waals surface area contributed by atoms with Gasteiger partial charge in [-0.1, -0.05) is 36.4 Å². The average Bonchev–Trinajstić information content (AvgIpc) is 3.32. The van der Waals surface area contributed by atoms with E-state index in [2.05, 4.69) is 33.0 Å². The summed E-state index contributed by atoms with van der Waals surface area (Å²) in [7, 11) is -0.365. The Morgan fingerprint density at radius 1 is 1.11 bits per heavy atom. The Labute approximate surface area is 212 Å². The highest BCUT2D eigenvalue weighted by Crippen LogP contribution is 2.36. The van der Waals surface area contributed by atoms with Crippen LogP contribution in [0, 0.1) is 0 Å². The minimum atomic E-state index is -0.523. The first-order valence-corrected chi connectivity index (χ1v) is 13.0. The molecule has 1 heterocycles. The zero-order valence-electron chi connectivity index (χ0n) is 22.9. The predicted molar refractivity (Wildman–Crippen MR) is 142 cm³/mol. The lowest BCUT2D eigenvalue weighted by Gasteiger charge is -2.32. The SMILES string of the molecule is C[C@@H](OC(C)(C)C)[C@H](NC/C=C/c1ccc(B2OC(C)(C)C(C)(C)O2)cc1)C(=O)OC1CCCC1. The van der Waals surface area contributed by atoms with Crippen molar-refractivity contribution >= 4 is 24.6 Å². The number of rotatable bonds is 9. The minimum absolute atomic E-state index is 0.0340. The molecule has 3 rings (SSSR count). The summed E-state index contributed by atoms with van der Waals surface area (Å²) in [6.07, 6.45) is 7.94. The van der Waals surface area contributed by atoms with Gasteiger partial charge >= 0.3 is 13.1 Å². The zero-order chi connectivity index (χ0) is 25.9. The van der Waals surface area contributed by atoms with E-state index in [-0.39, 0.29) is 42.1 Å². The van der Waals surface area contributed by atoms with Crippen LogP contribution in [0.15, 0.2) is 30.3 Å². The monoisotopic (exact) mass is 485 g/mol. The Balaban J connectivity index is 1.57. The van der Waals surface area contributed by atoms with Crippen molar-refractivity contribution in [2.24, 2.45) is 0 Å². The number of nitrogens with one attached hydrogen (secondary N) is 1. The molecule has 0 unspecified atom stereocenters. The van der Waals surface area contributed by atoms with Crippen LogP contribution in [0.25, 0.3) is 6.08 Å². The number of carbonyl (C=O) groups excluding carboxylic acids is 1. The lowest BCUT2D eigenvalue weighted by atomic mass is 9.79. The molecule has 2 aliphatic rings. The van der Waals surface area contributed by atoms with Gasteiger partial charge in [0.05, 0.1) is 22.9 Å². The Bertz CT molecular complexity index is 852. The Morgan fingerprint density at radius 3 is 2.23 bits per heavy atom. The van der Waals surface area contributed by atoms with Gasteiger partial charge in [-0.2, -0.15) is 0 Å². The highest BCUT2D eigenvalue weighted by molar-refractivity contribution is 6.62. The molecule has 35 heavy (non-hydrogen) atoms. The van der Waals surface area contributed by atoms with Crippen molar-refractivity contribution in [1.29, 1.82) is 0 Å². The van der Waals surface area contributed by atoms with E-state index in [4.69, 9.17) is 18.8 Å². The summed E-state index contributed by atoms with van der Waals surface area (Å²) in [5, 5.41) is 3.33. The fourth-order valence-electron chi connectivity index (χ4n) is 4.44. The molecule has 0 amide bonds. The maximum absolute atomic E-state index is 12.9. The Kier molecular flexibility index (Phi) is 8.90. The standard InChI is InChI=1S/C28H44BNO5/c1-20(33-26(2,3)4)24(25(31)32-23-13-9-10-14-23)30-19-11-12-21-15-17-22(18-16-21)29-34-27(5,6)28(7,8)35-29/h11-12,15-18,20,23-24,30H,9-10,13-14,19H2,1-8H3/b12-11+/t20-,24+/m1/s1. The molecule has 1 aliphatic heterocycles. The van der Waals surface area contributed by atoms with Crippen molar-refractivity contribution in [3.05, 3.63) is 35.9 Å². The summed E-state index contributed by atoms with van der Waals surface area (Å²) < 4.78 is 24.1. The summed E-state index contributed by atoms with van der Waals surface area (Å²) in [6, 6.07) is 7.65. The minimum Gasteiger partial charge on any atom is -0.461 e. The molecule has 0 bridgehead atoms. The number of hydrogen-bond acceptors (Lipinski definition) is 6. The second kappa shape index (κ2) is 11.2. The van der Waals surface area contributed by atoms with Crippen molar-refractivity contribution in [1.82, 2.24) is 5.32 Å². The van der Waals surface area contributed by atoms with Gasteiger partial charge in [0, 0.05) is 6.54 Å². The highest BCUT2D eigenvalue weighted by atomic mass is 16.7. The third kappa shape index (κ3) is 7.66. The quantitative estimate of drug-likeness (QED) is 0.406. The van der Waals surface area contributed by atoms with E-state index < -0.39 is 6.04 Å². The first kappa shape index (κ1) is 27.9. The van der Waals surface area contributed by atoms with E-state index in [1.165, 1.54) is 0 Å². The van der Waals surface area contributed by atoms with Crippen LogP contribution in [0.1, 0.15) is 86.6 Å². The smallest absolute Gasteiger partial charge is 0.461 e. The van der Waals surface area contributed by atoms with Crippen LogP contribution in [0.3, 0.4) is 0 Å². The van der Waals surface area contributed by atoms with E-state index in [9.17, 15) is 4.79 Å². The molecule has 0 radical (unpaired) electrons. The average molecular weight is 485 g/mol. The fraction of sp³-hybridized carbons (Fsp3) is 0.679. The fourth-order valence-corrected chi connectivity index (χ4v) is 4.44. The largest absolute Gasteiger partial charge is 0.494 e. The number of carbonyl (C=O) groups is 1. The molecule has 6 nitrogen and oxygen atoms in total. The van der Waals surface area contributed by atoms with Gasteiger partial charge in [0.2, 0.25) is 0 Å². The molecule has 194 valence electrons. The van der Waals surface area contributed by atoms with Crippen LogP contribution >= 0.6 is 0 Å². The van der Waals surface area contributed by atoms with E-state index in [1.54, 1.807) is 0 Å². The topological polar surface area (TPSA) is 66.0 Å². The van der Waals surface area contributed by atoms with Crippen molar-refractivity contribution < 1.29 is 23.6 Å². The summed E-state index contributed by atoms with van der Waals surface area (Å²) in [5.41, 5.74) is 1.01. The lowest BCUT2D eigenvalue weighted by molar-refractivity contribution is -0.158. The summed E-state index contributed by atoms with van der Waals surface area (Å²) in [5.74, 6) is -0.228. The van der Waals surface area contributed by atoms with Gasteiger partial charge in [-0.25, -0.2) is 0 Å². The molecule has 1 aliphatic carbocycles. The molecule has 0 aromatic heterocycles. The molecule has 2 fully saturated rings. The molecule has 1 saturated carbocycles. The molecule has 1 N–H and O–H groups in total. The molecule has 2 atom stereocenters. The van der Waals surface area contributed by atoms with Crippen LogP contribution < -0.4 is 10.8 Å². The summed E-state index contributed by atoms with van der Waals surface area (Å²) in [4.78, 5) is 12.9. The van der Waals surface area contributed by atoms with Gasteiger partial charge in [-0.05, 0) is 92.1 Å². The molecule has 1 saturated heterocycles. The van der Waals surface area contributed by atoms with Crippen LogP contribution in [0.4, 0.5) is 0 Å². The van der Waals surface area contributed by atoms with Crippen molar-refractivity contribution in [3.63, 3.8) is 0 Å². The first-order chi connectivity index (χ1) is 16.3. The van der Waals surface area contributed by atoms with Gasteiger partial charge in [0.15, 0.2) is 0 Å². The van der Waals surface area contributed by atoms with E-state index in [0.717, 1.165) is 36.7 Å². The number of esters is 1. The summed E-state index contributed by atoms with van der Waals surface area (Å²) >= 11 is 0. The normalized spacial score (nSPS) is 22.0. The third-order valence-electron chi connectivity index (χ3n) is 7.08. The first-order valence-electron chi connectivity index (χ1n) is 13.0. The highest BCUT2D eigenvalue weighted by Gasteiger charge is 2.51. The summed E-state index contributed by atoms with van der Waals surface area (Å²) in [6.45, 7) is 16.7. The van der Waals surface area contributed by atoms with Crippen molar-refractivity contribution in [3.8, 4) is 0 Å². The van der Waals surface area contributed by atoms with Crippen molar-refractivity contribution in [2.45, 2.75) is 116 Å². The number of hydrogen-bond donors (Lipinski definition) is 1. The second-order valence-corrected chi connectivity index (χ2v) is 11.8. The second-order valence-electron chi connectivity index (χ2n) is 11.8. The molecule has 0 spiro atoms. The van der Waals surface area contributed by atoms with E-state index in [0.29, 0.717) is 6.54 Å². The zero-order valence-corrected chi connectivity index (χ0v) is 22.9. The van der Waals surface area contributed by atoms with Gasteiger partial charge in [-0.15, -0.1) is 0 Å². The van der Waals surface area contributed by atoms with Gasteiger partial charge in [-0.3, -0.25) is 10.1 Å². The Morgan fingerprint density at radius 2 is 1.69 bits per heavy atom. The van der Waals surface area contributed by atoms with Crippen molar-refractivity contribution in [2.75, 3.05) is 6.54 Å². The molecule has 1 aromatic carbocycles. The van der Waals surface area contributed by atoms with E-state index in [1.807, 2.05) is 64.1 Å². The predicted octanol–water partition coefficient (Wildman–Crippen LogP) is 4.65. The van der Waals surface area contributed by atoms with Gasteiger partial charge < -0.3 is 18.8 Å². The maximum Gasteiger partial charge on any atom is 0.494 e. The van der Waals surface area contributed by atoms with Crippen LogP contribution in [-0.2, 0) is 23.6 Å². The maximum atomic E-state index is 12.9. The Hall–Kier alpha value is -1.67. The lowest BCUT2D eigenvalue weighted by Crippen LogP contribution is -2.49. The van der Waals surface area contributed by atoms with Gasteiger partial charge in [0.1, 0.15) is 12.1 Å². The molecule has 1 aromatic rings. The number of ether oxygens (including phenoxy) is 2. The van der Waals surface area contributed by atoms with Crippen LogP contribution in [-0.4, -0.2) is 54.7 Å².